The molecule has 1 atom stereocenters. The number of nitrogens with one attached hydrogen (secondary N) is 2. The van der Waals surface area contributed by atoms with Crippen molar-refractivity contribution in [3.63, 3.8) is 0 Å². The first kappa shape index (κ1) is 25.2. The fourth-order valence-corrected chi connectivity index (χ4v) is 5.40. The molecule has 0 spiro atoms. The van der Waals surface area contributed by atoms with Gasteiger partial charge >= 0.3 is 0 Å². The van der Waals surface area contributed by atoms with Crippen LogP contribution in [0.4, 0.5) is 17.2 Å². The number of anilines is 3. The van der Waals surface area contributed by atoms with Gasteiger partial charge in [0.25, 0.3) is 5.91 Å². The predicted octanol–water partition coefficient (Wildman–Crippen LogP) is 5.85. The second-order valence-electron chi connectivity index (χ2n) is 9.93. The number of fused-ring (bicyclic) bond motifs is 2. The zero-order valence-electron chi connectivity index (χ0n) is 22.2. The summed E-state index contributed by atoms with van der Waals surface area (Å²) in [4.78, 5) is 17.3. The molecule has 1 aliphatic rings. The molecule has 4 aromatic heterocycles. The summed E-state index contributed by atoms with van der Waals surface area (Å²) in [5.41, 5.74) is 4.96. The van der Waals surface area contributed by atoms with Gasteiger partial charge in [0.2, 0.25) is 0 Å². The van der Waals surface area contributed by atoms with Crippen molar-refractivity contribution in [2.24, 2.45) is 7.05 Å². The van der Waals surface area contributed by atoms with E-state index in [1.54, 1.807) is 35.0 Å². The first-order valence-electron chi connectivity index (χ1n) is 13.3. The average molecular weight is 568 g/mol. The van der Waals surface area contributed by atoms with Gasteiger partial charge in [-0.05, 0) is 61.7 Å². The quantitative estimate of drug-likeness (QED) is 0.259. The van der Waals surface area contributed by atoms with Gasteiger partial charge in [-0.15, -0.1) is 5.10 Å². The normalized spacial score (nSPS) is 15.4. The standard InChI is InChI=1S/C29H26ClN9O2/c1-37-17-18(15-32-37)29(40)34-19-6-4-7-20(14-19)38-24-8-5-12-31-27(24)28(36-38)35-22-10-11-23-21(26(22)30)16-33-39(23)25-9-2-3-13-41-25/h4-8,10-12,14-17,25H,2-3,9,13H2,1H3,(H,34,40)(H,35,36). The van der Waals surface area contributed by atoms with E-state index < -0.39 is 0 Å². The number of amides is 1. The monoisotopic (exact) mass is 567 g/mol. The van der Waals surface area contributed by atoms with Crippen LogP contribution in [0.15, 0.2) is 73.3 Å². The molecule has 41 heavy (non-hydrogen) atoms. The number of hydrogen-bond acceptors (Lipinski definition) is 7. The van der Waals surface area contributed by atoms with Gasteiger partial charge in [-0.1, -0.05) is 17.7 Å². The van der Waals surface area contributed by atoms with Crippen LogP contribution in [0.2, 0.25) is 5.02 Å². The summed E-state index contributed by atoms with van der Waals surface area (Å²) in [7, 11) is 1.77. The highest BCUT2D eigenvalue weighted by molar-refractivity contribution is 6.38. The SMILES string of the molecule is Cn1cc(C(=O)Nc2cccc(-n3nc(Nc4ccc5c(cnn5C5CCCCO5)c4Cl)c4ncccc43)c2)cn1. The molecule has 6 aromatic rings. The number of aromatic nitrogens is 7. The zero-order chi connectivity index (χ0) is 27.9. The third kappa shape index (κ3) is 4.68. The third-order valence-electron chi connectivity index (χ3n) is 7.15. The lowest BCUT2D eigenvalue weighted by Gasteiger charge is -2.23. The molecule has 1 unspecified atom stereocenters. The molecule has 12 heteroatoms. The molecule has 2 N–H and O–H groups in total. The topological polar surface area (TPSA) is 117 Å². The molecule has 5 heterocycles. The molecule has 1 amide bonds. The largest absolute Gasteiger partial charge is 0.356 e. The Bertz CT molecular complexity index is 1900. The number of aryl methyl sites for hydroxylation is 1. The van der Waals surface area contributed by atoms with Gasteiger partial charge in [0.15, 0.2) is 12.0 Å². The maximum Gasteiger partial charge on any atom is 0.258 e. The van der Waals surface area contributed by atoms with Crippen molar-refractivity contribution in [3.05, 3.63) is 83.9 Å². The van der Waals surface area contributed by atoms with Crippen LogP contribution in [0.25, 0.3) is 27.6 Å². The maximum atomic E-state index is 12.7. The van der Waals surface area contributed by atoms with E-state index in [1.165, 1.54) is 6.20 Å². The number of halogens is 1. The van der Waals surface area contributed by atoms with Crippen LogP contribution in [0.3, 0.4) is 0 Å². The van der Waals surface area contributed by atoms with Crippen LogP contribution in [0.1, 0.15) is 35.8 Å². The zero-order valence-corrected chi connectivity index (χ0v) is 22.9. The van der Waals surface area contributed by atoms with E-state index in [2.05, 4.69) is 25.8 Å². The van der Waals surface area contributed by atoms with Crippen molar-refractivity contribution in [2.45, 2.75) is 25.5 Å². The van der Waals surface area contributed by atoms with E-state index in [9.17, 15) is 4.79 Å². The minimum absolute atomic E-state index is 0.0788. The van der Waals surface area contributed by atoms with Crippen molar-refractivity contribution in [1.82, 2.24) is 34.3 Å². The van der Waals surface area contributed by atoms with Gasteiger partial charge in [-0.25, -0.2) is 9.36 Å². The summed E-state index contributed by atoms with van der Waals surface area (Å²) in [6.07, 6.45) is 9.74. The molecule has 0 bridgehead atoms. The number of carbonyl (C=O) groups is 1. The molecule has 0 aliphatic carbocycles. The van der Waals surface area contributed by atoms with E-state index >= 15 is 0 Å². The van der Waals surface area contributed by atoms with E-state index in [-0.39, 0.29) is 12.1 Å². The Hall–Kier alpha value is -4.74. The summed E-state index contributed by atoms with van der Waals surface area (Å²) in [6, 6.07) is 15.2. The first-order chi connectivity index (χ1) is 20.0. The van der Waals surface area contributed by atoms with Crippen molar-refractivity contribution >= 4 is 56.6 Å². The van der Waals surface area contributed by atoms with Gasteiger partial charge in [0, 0.05) is 37.1 Å². The molecule has 1 fully saturated rings. The number of hydrogen-bond donors (Lipinski definition) is 2. The molecule has 11 nitrogen and oxygen atoms in total. The Balaban J connectivity index is 1.21. The van der Waals surface area contributed by atoms with Crippen molar-refractivity contribution < 1.29 is 9.53 Å². The Morgan fingerprint density at radius 2 is 2.00 bits per heavy atom. The second-order valence-corrected chi connectivity index (χ2v) is 10.3. The van der Waals surface area contributed by atoms with Gasteiger partial charge in [0.1, 0.15) is 5.52 Å². The number of benzene rings is 2. The number of rotatable bonds is 6. The number of nitrogens with zero attached hydrogens (tertiary/aromatic N) is 7. The van der Waals surface area contributed by atoms with Crippen LogP contribution < -0.4 is 10.6 Å². The summed E-state index contributed by atoms with van der Waals surface area (Å²) >= 11 is 6.88. The molecule has 1 aliphatic heterocycles. The Kier molecular flexibility index (Phi) is 6.37. The summed E-state index contributed by atoms with van der Waals surface area (Å²) in [6.45, 7) is 0.738. The molecular weight excluding hydrogens is 542 g/mol. The molecule has 206 valence electrons. The number of ether oxygens (including phenoxy) is 1. The van der Waals surface area contributed by atoms with Crippen LogP contribution in [-0.4, -0.2) is 46.8 Å². The highest BCUT2D eigenvalue weighted by atomic mass is 35.5. The highest BCUT2D eigenvalue weighted by Gasteiger charge is 2.21. The van der Waals surface area contributed by atoms with Crippen molar-refractivity contribution in [2.75, 3.05) is 17.2 Å². The van der Waals surface area contributed by atoms with E-state index in [1.807, 2.05) is 53.2 Å². The fraction of sp³-hybridized carbons (Fsp3) is 0.207. The molecular formula is C29H26ClN9O2. The van der Waals surface area contributed by atoms with Gasteiger partial charge < -0.3 is 15.4 Å². The minimum Gasteiger partial charge on any atom is -0.356 e. The lowest BCUT2D eigenvalue weighted by Crippen LogP contribution is -2.18. The lowest BCUT2D eigenvalue weighted by atomic mass is 10.2. The Morgan fingerprint density at radius 3 is 2.83 bits per heavy atom. The van der Waals surface area contributed by atoms with Crippen molar-refractivity contribution in [3.8, 4) is 5.69 Å². The first-order valence-corrected chi connectivity index (χ1v) is 13.7. The summed E-state index contributed by atoms with van der Waals surface area (Å²) in [5.74, 6) is 0.308. The lowest BCUT2D eigenvalue weighted by molar-refractivity contribution is -0.0366. The van der Waals surface area contributed by atoms with Crippen LogP contribution in [-0.2, 0) is 11.8 Å². The average Bonchev–Trinajstić information content (AvgIpc) is 3.73. The van der Waals surface area contributed by atoms with Crippen LogP contribution >= 0.6 is 11.6 Å². The second kappa shape index (κ2) is 10.3. The summed E-state index contributed by atoms with van der Waals surface area (Å²) in [5, 5.41) is 21.2. The number of pyridine rings is 1. The summed E-state index contributed by atoms with van der Waals surface area (Å²) < 4.78 is 11.2. The third-order valence-corrected chi connectivity index (χ3v) is 7.56. The van der Waals surface area contributed by atoms with Gasteiger partial charge in [-0.2, -0.15) is 10.2 Å². The minimum atomic E-state index is -0.243. The molecule has 2 aromatic carbocycles. The smallest absolute Gasteiger partial charge is 0.258 e. The van der Waals surface area contributed by atoms with Crippen molar-refractivity contribution in [1.29, 1.82) is 0 Å². The highest BCUT2D eigenvalue weighted by Crippen LogP contribution is 2.36. The predicted molar refractivity (Wildman–Crippen MR) is 157 cm³/mol. The van der Waals surface area contributed by atoms with Crippen LogP contribution in [0, 0.1) is 0 Å². The van der Waals surface area contributed by atoms with E-state index in [0.717, 1.165) is 48.0 Å². The molecule has 0 saturated carbocycles. The van der Waals surface area contributed by atoms with Gasteiger partial charge in [-0.3, -0.25) is 14.5 Å². The molecule has 0 radical (unpaired) electrons. The Morgan fingerprint density at radius 1 is 1.07 bits per heavy atom. The van der Waals surface area contributed by atoms with E-state index in [0.29, 0.717) is 33.3 Å². The fourth-order valence-electron chi connectivity index (χ4n) is 5.15. The molecule has 7 rings (SSSR count). The van der Waals surface area contributed by atoms with Crippen LogP contribution in [0.5, 0.6) is 0 Å². The Labute approximate surface area is 239 Å². The van der Waals surface area contributed by atoms with Gasteiger partial charge in [0.05, 0.1) is 45.4 Å². The van der Waals surface area contributed by atoms with E-state index in [4.69, 9.17) is 21.4 Å². The number of carbonyl (C=O) groups excluding carboxylic acids is 1. The maximum absolute atomic E-state index is 12.7. The molecule has 1 saturated heterocycles.